The van der Waals surface area contributed by atoms with Gasteiger partial charge in [-0.15, -0.1) is 3.89 Å². The molecule has 0 aliphatic rings. The van der Waals surface area contributed by atoms with Crippen molar-refractivity contribution in [3.8, 4) is 0 Å². The number of benzene rings is 1. The van der Waals surface area contributed by atoms with Crippen LogP contribution in [0, 0.1) is 6.92 Å². The molecule has 1 rings (SSSR count). The van der Waals surface area contributed by atoms with Gasteiger partial charge >= 0.3 is 10.2 Å². The van der Waals surface area contributed by atoms with Crippen LogP contribution in [-0.4, -0.2) is 8.42 Å². The van der Waals surface area contributed by atoms with Crippen LogP contribution in [0.4, 0.5) is 9.57 Å². The molecule has 0 heterocycles. The van der Waals surface area contributed by atoms with Crippen LogP contribution in [0.3, 0.4) is 0 Å². The van der Waals surface area contributed by atoms with Crippen molar-refractivity contribution in [3.05, 3.63) is 33.7 Å². The summed E-state index contributed by atoms with van der Waals surface area (Å²) in [5.74, 6) is 0. The summed E-state index contributed by atoms with van der Waals surface area (Å²) < 4.78 is 34.5. The van der Waals surface area contributed by atoms with Gasteiger partial charge in [-0.2, -0.15) is 8.42 Å². The van der Waals surface area contributed by atoms with E-state index in [1.54, 1.807) is 0 Å². The zero-order valence-corrected chi connectivity index (χ0v) is 9.20. The summed E-state index contributed by atoms with van der Waals surface area (Å²) in [5, 5.41) is 3.24. The molecule has 0 atom stereocenters. The molecule has 0 aromatic heterocycles. The Morgan fingerprint density at radius 2 is 2.19 bits per heavy atom. The number of nitrogens with two attached hydrogens (primary N) is 1. The maximum Gasteiger partial charge on any atom is 0.332 e. The molecule has 86 valence electrons. The third-order valence-electron chi connectivity index (χ3n) is 2.04. The summed E-state index contributed by atoms with van der Waals surface area (Å²) in [6.45, 7) is 1.32. The smallest absolute Gasteiger partial charge is 0.332 e. The van der Waals surface area contributed by atoms with Crippen molar-refractivity contribution >= 4 is 15.9 Å². The highest BCUT2D eigenvalue weighted by Crippen LogP contribution is 2.25. The number of halogens is 1. The van der Waals surface area contributed by atoms with Gasteiger partial charge in [0.2, 0.25) is 0 Å². The zero-order valence-electron chi connectivity index (χ0n) is 8.38. The Morgan fingerprint density at radius 1 is 1.56 bits per heavy atom. The van der Waals surface area contributed by atoms with Crippen molar-refractivity contribution in [1.29, 1.82) is 0 Å². The molecule has 0 amide bonds. The normalized spacial score (nSPS) is 10.9. The van der Waals surface area contributed by atoms with Gasteiger partial charge in [0.1, 0.15) is 4.90 Å². The predicted molar refractivity (Wildman–Crippen MR) is 56.7 cm³/mol. The van der Waals surface area contributed by atoms with Gasteiger partial charge in [0, 0.05) is 10.6 Å². The lowest BCUT2D eigenvalue weighted by atomic mass is 10.1. The average molecular weight is 244 g/mol. The van der Waals surface area contributed by atoms with Gasteiger partial charge in [0.05, 0.1) is 6.54 Å². The Labute approximate surface area is 91.7 Å². The lowest BCUT2D eigenvalue weighted by Crippen LogP contribution is -2.01. The molecule has 2 N–H and O–H groups in total. The molecular weight excluding hydrogens is 235 g/mol. The van der Waals surface area contributed by atoms with E-state index in [4.69, 9.17) is 11.3 Å². The van der Waals surface area contributed by atoms with E-state index in [9.17, 15) is 12.3 Å². The van der Waals surface area contributed by atoms with Gasteiger partial charge < -0.3 is 5.73 Å². The summed E-state index contributed by atoms with van der Waals surface area (Å²) >= 11 is 0. The van der Waals surface area contributed by atoms with Gasteiger partial charge in [-0.1, -0.05) is 5.11 Å². The molecule has 0 aliphatic heterocycles. The molecular formula is C8H9FN4O2S. The largest absolute Gasteiger partial charge is 0.398 e. The third kappa shape index (κ3) is 2.62. The van der Waals surface area contributed by atoms with Crippen LogP contribution < -0.4 is 5.73 Å². The average Bonchev–Trinajstić information content (AvgIpc) is 2.17. The van der Waals surface area contributed by atoms with E-state index >= 15 is 0 Å². The molecule has 0 fully saturated rings. The van der Waals surface area contributed by atoms with Gasteiger partial charge in [0.25, 0.3) is 0 Å². The summed E-state index contributed by atoms with van der Waals surface area (Å²) in [4.78, 5) is 2.03. The molecule has 6 nitrogen and oxygen atoms in total. The van der Waals surface area contributed by atoms with Crippen molar-refractivity contribution < 1.29 is 12.3 Å². The second-order valence-corrected chi connectivity index (χ2v) is 4.45. The van der Waals surface area contributed by atoms with E-state index in [2.05, 4.69) is 10.0 Å². The minimum Gasteiger partial charge on any atom is -0.398 e. The minimum atomic E-state index is -4.82. The highest BCUT2D eigenvalue weighted by Gasteiger charge is 2.17. The Kier molecular flexibility index (Phi) is 3.36. The Morgan fingerprint density at radius 3 is 2.69 bits per heavy atom. The van der Waals surface area contributed by atoms with Crippen molar-refractivity contribution in [3.63, 3.8) is 0 Å². The van der Waals surface area contributed by atoms with Crippen LogP contribution in [0.1, 0.15) is 11.1 Å². The number of rotatable bonds is 3. The standard InChI is InChI=1S/C8H9FN4O2S/c1-5-7(10)2-6(4-12-13-11)3-8(5)16(9,14)15/h2-3H,4,10H2,1H3. The first-order chi connectivity index (χ1) is 7.36. The van der Waals surface area contributed by atoms with Crippen LogP contribution in [0.15, 0.2) is 22.1 Å². The van der Waals surface area contributed by atoms with Crippen LogP contribution in [0.5, 0.6) is 0 Å². The van der Waals surface area contributed by atoms with Crippen molar-refractivity contribution in [2.45, 2.75) is 18.4 Å². The summed E-state index contributed by atoms with van der Waals surface area (Å²) in [6.07, 6.45) is 0. The number of hydrogen-bond donors (Lipinski definition) is 1. The van der Waals surface area contributed by atoms with E-state index in [1.807, 2.05) is 0 Å². The second-order valence-electron chi connectivity index (χ2n) is 3.14. The number of azide groups is 1. The lowest BCUT2D eigenvalue weighted by Gasteiger charge is -2.07. The lowest BCUT2D eigenvalue weighted by molar-refractivity contribution is 0.551. The quantitative estimate of drug-likeness (QED) is 0.289. The monoisotopic (exact) mass is 244 g/mol. The first-order valence-corrected chi connectivity index (χ1v) is 5.59. The fourth-order valence-corrected chi connectivity index (χ4v) is 2.00. The first kappa shape index (κ1) is 12.3. The Balaban J connectivity index is 3.39. The summed E-state index contributed by atoms with van der Waals surface area (Å²) in [7, 11) is -4.82. The van der Waals surface area contributed by atoms with Gasteiger partial charge in [0.15, 0.2) is 0 Å². The van der Waals surface area contributed by atoms with Crippen molar-refractivity contribution in [2.24, 2.45) is 5.11 Å². The predicted octanol–water partition coefficient (Wildman–Crippen LogP) is 2.05. The summed E-state index contributed by atoms with van der Waals surface area (Å²) in [6, 6.07) is 2.55. The van der Waals surface area contributed by atoms with Crippen LogP contribution in [-0.2, 0) is 16.8 Å². The molecule has 0 saturated heterocycles. The minimum absolute atomic E-state index is 0.0799. The molecule has 0 saturated carbocycles. The maximum absolute atomic E-state index is 12.9. The Bertz CT molecular complexity index is 564. The number of nitrogen functional groups attached to an aromatic ring is 1. The third-order valence-corrected chi connectivity index (χ3v) is 2.99. The van der Waals surface area contributed by atoms with E-state index in [0.29, 0.717) is 5.56 Å². The number of hydrogen-bond acceptors (Lipinski definition) is 4. The van der Waals surface area contributed by atoms with Crippen molar-refractivity contribution in [2.75, 3.05) is 5.73 Å². The zero-order chi connectivity index (χ0) is 12.3. The fraction of sp³-hybridized carbons (Fsp3) is 0.250. The molecule has 8 heteroatoms. The van der Waals surface area contributed by atoms with E-state index in [0.717, 1.165) is 6.07 Å². The molecule has 16 heavy (non-hydrogen) atoms. The van der Waals surface area contributed by atoms with Gasteiger partial charge in [-0.3, -0.25) is 0 Å². The highest BCUT2D eigenvalue weighted by molar-refractivity contribution is 7.86. The molecule has 0 radical (unpaired) electrons. The van der Waals surface area contributed by atoms with Crippen LogP contribution in [0.2, 0.25) is 0 Å². The van der Waals surface area contributed by atoms with E-state index < -0.39 is 15.1 Å². The molecule has 0 unspecified atom stereocenters. The van der Waals surface area contributed by atoms with E-state index in [-0.39, 0.29) is 17.8 Å². The topological polar surface area (TPSA) is 109 Å². The van der Waals surface area contributed by atoms with Crippen LogP contribution >= 0.6 is 0 Å². The molecule has 0 bridgehead atoms. The van der Waals surface area contributed by atoms with Crippen molar-refractivity contribution in [1.82, 2.24) is 0 Å². The van der Waals surface area contributed by atoms with Crippen LogP contribution in [0.25, 0.3) is 10.4 Å². The Hall–Kier alpha value is -1.79. The number of nitrogens with zero attached hydrogens (tertiary/aromatic N) is 3. The number of anilines is 1. The molecule has 0 spiro atoms. The highest BCUT2D eigenvalue weighted by atomic mass is 32.3. The molecule has 1 aromatic rings. The van der Waals surface area contributed by atoms with Gasteiger partial charge in [-0.05, 0) is 35.7 Å². The fourth-order valence-electron chi connectivity index (χ4n) is 1.23. The van der Waals surface area contributed by atoms with Gasteiger partial charge in [-0.25, -0.2) is 0 Å². The molecule has 1 aromatic carbocycles. The molecule has 0 aliphatic carbocycles. The first-order valence-electron chi connectivity index (χ1n) is 4.20. The SMILES string of the molecule is Cc1c(N)cc(CN=[N+]=[N-])cc1S(=O)(=O)F. The summed E-state index contributed by atoms with van der Waals surface area (Å²) in [5.41, 5.74) is 14.3. The maximum atomic E-state index is 12.9. The van der Waals surface area contributed by atoms with E-state index in [1.165, 1.54) is 13.0 Å². The second kappa shape index (κ2) is 4.38.